The standard InChI is InChI=1S/C19H22N2O2/c1-19(2)13-21(12-15(19)14-8-5-4-6-9-14)18(23)17(22)16-10-7-11-20(16)3/h4-11,15H,12-13H2,1-3H3/t15-/m1/s1. The monoisotopic (exact) mass is 310 g/mol. The summed E-state index contributed by atoms with van der Waals surface area (Å²) in [5, 5.41) is 0. The van der Waals surface area contributed by atoms with Gasteiger partial charge in [-0.1, -0.05) is 44.2 Å². The summed E-state index contributed by atoms with van der Waals surface area (Å²) >= 11 is 0. The van der Waals surface area contributed by atoms with Gasteiger partial charge in [0, 0.05) is 32.3 Å². The number of nitrogens with zero attached hydrogens (tertiary/aromatic N) is 2. The molecule has 0 aliphatic carbocycles. The number of benzene rings is 1. The van der Waals surface area contributed by atoms with Gasteiger partial charge in [-0.05, 0) is 23.1 Å². The van der Waals surface area contributed by atoms with Crippen molar-refractivity contribution in [3.63, 3.8) is 0 Å². The van der Waals surface area contributed by atoms with Crippen molar-refractivity contribution in [2.75, 3.05) is 13.1 Å². The molecule has 2 aromatic rings. The number of amides is 1. The van der Waals surface area contributed by atoms with Gasteiger partial charge >= 0.3 is 0 Å². The van der Waals surface area contributed by atoms with Gasteiger partial charge in [0.15, 0.2) is 0 Å². The van der Waals surface area contributed by atoms with E-state index in [4.69, 9.17) is 0 Å². The molecule has 0 unspecified atom stereocenters. The summed E-state index contributed by atoms with van der Waals surface area (Å²) in [6.45, 7) is 5.50. The first-order valence-corrected chi connectivity index (χ1v) is 7.90. The number of Topliss-reactive ketones (excluding diaryl/α,β-unsaturated/α-hetero) is 1. The predicted octanol–water partition coefficient (Wildman–Crippen LogP) is 2.86. The number of aryl methyl sites for hydroxylation is 1. The quantitative estimate of drug-likeness (QED) is 0.646. The van der Waals surface area contributed by atoms with Crippen molar-refractivity contribution in [1.29, 1.82) is 0 Å². The van der Waals surface area contributed by atoms with Crippen molar-refractivity contribution in [1.82, 2.24) is 9.47 Å². The lowest BCUT2D eigenvalue weighted by Gasteiger charge is -2.25. The van der Waals surface area contributed by atoms with Gasteiger partial charge in [-0.3, -0.25) is 9.59 Å². The van der Waals surface area contributed by atoms with Crippen LogP contribution in [0.1, 0.15) is 35.8 Å². The molecular formula is C19H22N2O2. The molecule has 1 atom stereocenters. The van der Waals surface area contributed by atoms with Gasteiger partial charge in [0.05, 0.1) is 5.69 Å². The number of carbonyl (C=O) groups is 2. The average Bonchev–Trinajstić information content (AvgIpc) is 3.09. The van der Waals surface area contributed by atoms with Crippen LogP contribution in [-0.2, 0) is 11.8 Å². The molecule has 0 N–H and O–H groups in total. The zero-order valence-electron chi connectivity index (χ0n) is 13.8. The fraction of sp³-hybridized carbons (Fsp3) is 0.368. The van der Waals surface area contributed by atoms with Crippen molar-refractivity contribution >= 4 is 11.7 Å². The minimum atomic E-state index is -0.429. The maximum absolute atomic E-state index is 12.6. The van der Waals surface area contributed by atoms with Crippen LogP contribution in [0.3, 0.4) is 0 Å². The Balaban J connectivity index is 1.82. The average molecular weight is 310 g/mol. The Labute approximate surface area is 136 Å². The Kier molecular flexibility index (Phi) is 3.84. The molecule has 0 saturated carbocycles. The van der Waals surface area contributed by atoms with Crippen LogP contribution in [0.15, 0.2) is 48.7 Å². The zero-order valence-corrected chi connectivity index (χ0v) is 13.8. The Morgan fingerprint density at radius 2 is 1.78 bits per heavy atom. The summed E-state index contributed by atoms with van der Waals surface area (Å²) in [5.74, 6) is -0.589. The van der Waals surface area contributed by atoms with Gasteiger partial charge < -0.3 is 9.47 Å². The van der Waals surface area contributed by atoms with E-state index in [1.54, 1.807) is 34.8 Å². The van der Waals surface area contributed by atoms with Crippen LogP contribution in [0.5, 0.6) is 0 Å². The fourth-order valence-electron chi connectivity index (χ4n) is 3.48. The largest absolute Gasteiger partial charge is 0.348 e. The first-order chi connectivity index (χ1) is 10.9. The van der Waals surface area contributed by atoms with E-state index in [1.807, 2.05) is 18.2 Å². The van der Waals surface area contributed by atoms with E-state index in [0.717, 1.165) is 0 Å². The molecule has 1 aliphatic heterocycles. The van der Waals surface area contributed by atoms with Crippen LogP contribution in [-0.4, -0.2) is 34.2 Å². The van der Waals surface area contributed by atoms with Gasteiger partial charge in [-0.25, -0.2) is 0 Å². The first kappa shape index (κ1) is 15.5. The third-order valence-corrected chi connectivity index (χ3v) is 4.80. The SMILES string of the molecule is Cn1cccc1C(=O)C(=O)N1C[C@H](c2ccccc2)C(C)(C)C1. The number of aromatic nitrogens is 1. The van der Waals surface area contributed by atoms with Crippen LogP contribution < -0.4 is 0 Å². The minimum Gasteiger partial charge on any atom is -0.348 e. The predicted molar refractivity (Wildman–Crippen MR) is 89.3 cm³/mol. The topological polar surface area (TPSA) is 42.3 Å². The van der Waals surface area contributed by atoms with Crippen molar-refractivity contribution in [2.45, 2.75) is 19.8 Å². The van der Waals surface area contributed by atoms with E-state index < -0.39 is 11.7 Å². The van der Waals surface area contributed by atoms with E-state index >= 15 is 0 Å². The summed E-state index contributed by atoms with van der Waals surface area (Å²) in [6.07, 6.45) is 1.78. The van der Waals surface area contributed by atoms with Gasteiger partial charge in [0.25, 0.3) is 11.7 Å². The highest BCUT2D eigenvalue weighted by Crippen LogP contribution is 2.42. The lowest BCUT2D eigenvalue weighted by Crippen LogP contribution is -2.36. The molecule has 4 heteroatoms. The highest BCUT2D eigenvalue weighted by Gasteiger charge is 2.43. The summed E-state index contributed by atoms with van der Waals surface area (Å²) in [7, 11) is 1.78. The summed E-state index contributed by atoms with van der Waals surface area (Å²) < 4.78 is 1.69. The lowest BCUT2D eigenvalue weighted by molar-refractivity contribution is -0.125. The molecule has 1 amide bonds. The van der Waals surface area contributed by atoms with Crippen LogP contribution in [0.4, 0.5) is 0 Å². The number of ketones is 1. The van der Waals surface area contributed by atoms with E-state index in [1.165, 1.54) is 5.56 Å². The third-order valence-electron chi connectivity index (χ3n) is 4.80. The smallest absolute Gasteiger partial charge is 0.296 e. The van der Waals surface area contributed by atoms with Gasteiger partial charge in [-0.2, -0.15) is 0 Å². The number of hydrogen-bond donors (Lipinski definition) is 0. The van der Waals surface area contributed by atoms with Crippen molar-refractivity contribution in [3.8, 4) is 0 Å². The normalized spacial score (nSPS) is 19.8. The molecule has 23 heavy (non-hydrogen) atoms. The molecule has 0 radical (unpaired) electrons. The molecular weight excluding hydrogens is 288 g/mol. The van der Waals surface area contributed by atoms with Crippen molar-refractivity contribution < 1.29 is 9.59 Å². The number of likely N-dealkylation sites (tertiary alicyclic amines) is 1. The van der Waals surface area contributed by atoms with Crippen LogP contribution >= 0.6 is 0 Å². The van der Waals surface area contributed by atoms with Crippen molar-refractivity contribution in [3.05, 3.63) is 59.9 Å². The maximum atomic E-state index is 12.6. The highest BCUT2D eigenvalue weighted by molar-refractivity contribution is 6.42. The van der Waals surface area contributed by atoms with Crippen molar-refractivity contribution in [2.24, 2.45) is 12.5 Å². The zero-order chi connectivity index (χ0) is 16.6. The molecule has 4 nitrogen and oxygen atoms in total. The van der Waals surface area contributed by atoms with Crippen LogP contribution in [0, 0.1) is 5.41 Å². The third kappa shape index (κ3) is 2.81. The molecule has 1 aromatic heterocycles. The van der Waals surface area contributed by atoms with Gasteiger partial charge in [0.1, 0.15) is 0 Å². The van der Waals surface area contributed by atoms with Gasteiger partial charge in [0.2, 0.25) is 0 Å². The number of rotatable bonds is 3. The minimum absolute atomic E-state index is 0.0501. The number of carbonyl (C=O) groups excluding carboxylic acids is 2. The molecule has 1 aromatic carbocycles. The number of hydrogen-bond acceptors (Lipinski definition) is 2. The molecule has 1 aliphatic rings. The Hall–Kier alpha value is -2.36. The van der Waals surface area contributed by atoms with E-state index in [2.05, 4.69) is 26.0 Å². The molecule has 0 spiro atoms. The molecule has 1 saturated heterocycles. The summed E-state index contributed by atoms with van der Waals surface area (Å²) in [5.41, 5.74) is 1.61. The second-order valence-electron chi connectivity index (χ2n) is 6.97. The second-order valence-corrected chi connectivity index (χ2v) is 6.97. The molecule has 120 valence electrons. The Morgan fingerprint density at radius 3 is 2.39 bits per heavy atom. The molecule has 0 bridgehead atoms. The Bertz CT molecular complexity index is 731. The van der Waals surface area contributed by atoms with Gasteiger partial charge in [-0.15, -0.1) is 0 Å². The van der Waals surface area contributed by atoms with E-state index in [-0.39, 0.29) is 11.3 Å². The maximum Gasteiger partial charge on any atom is 0.296 e. The molecule has 2 heterocycles. The molecule has 3 rings (SSSR count). The first-order valence-electron chi connectivity index (χ1n) is 7.90. The summed E-state index contributed by atoms with van der Waals surface area (Å²) in [4.78, 5) is 26.8. The highest BCUT2D eigenvalue weighted by atomic mass is 16.2. The molecule has 1 fully saturated rings. The Morgan fingerprint density at radius 1 is 1.09 bits per heavy atom. The van der Waals surface area contributed by atoms with E-state index in [0.29, 0.717) is 18.8 Å². The van der Waals surface area contributed by atoms with Crippen LogP contribution in [0.2, 0.25) is 0 Å². The van der Waals surface area contributed by atoms with E-state index in [9.17, 15) is 9.59 Å². The lowest BCUT2D eigenvalue weighted by atomic mass is 9.78. The fourth-order valence-corrected chi connectivity index (χ4v) is 3.48. The second kappa shape index (κ2) is 5.69. The summed E-state index contributed by atoms with van der Waals surface area (Å²) in [6, 6.07) is 13.7. The van der Waals surface area contributed by atoms with Crippen LogP contribution in [0.25, 0.3) is 0 Å².